The van der Waals surface area contributed by atoms with Crippen LogP contribution in [0.15, 0.2) is 78.9 Å². The van der Waals surface area contributed by atoms with Gasteiger partial charge in [0.25, 0.3) is 5.91 Å². The average molecular weight is 416 g/mol. The molecule has 0 bridgehead atoms. The van der Waals surface area contributed by atoms with Crippen molar-refractivity contribution in [1.29, 1.82) is 0 Å². The molecule has 0 fully saturated rings. The Balaban J connectivity index is 1.41. The van der Waals surface area contributed by atoms with E-state index in [-0.39, 0.29) is 18.0 Å². The molecular formula is C24H20N2O5. The molecule has 1 N–H and O–H groups in total. The lowest BCUT2D eigenvalue weighted by Gasteiger charge is -2.28. The van der Waals surface area contributed by atoms with Gasteiger partial charge in [-0.3, -0.25) is 14.5 Å². The maximum absolute atomic E-state index is 12.7. The number of hydrogen-bond donors (Lipinski definition) is 1. The highest BCUT2D eigenvalue weighted by molar-refractivity contribution is 6.10. The average Bonchev–Trinajstić information content (AvgIpc) is 2.81. The van der Waals surface area contributed by atoms with Crippen LogP contribution in [-0.4, -0.2) is 30.9 Å². The fraction of sp³-hybridized carbons (Fsp3) is 0.125. The van der Waals surface area contributed by atoms with Crippen molar-refractivity contribution in [3.63, 3.8) is 0 Å². The van der Waals surface area contributed by atoms with E-state index in [0.717, 1.165) is 5.56 Å². The van der Waals surface area contributed by atoms with Crippen LogP contribution in [0.4, 0.5) is 11.4 Å². The first kappa shape index (κ1) is 20.2. The Bertz CT molecular complexity index is 1110. The molecule has 3 aromatic carbocycles. The molecule has 0 spiro atoms. The van der Waals surface area contributed by atoms with Gasteiger partial charge in [-0.1, -0.05) is 54.6 Å². The van der Waals surface area contributed by atoms with Crippen LogP contribution in [0, 0.1) is 0 Å². The van der Waals surface area contributed by atoms with Crippen LogP contribution in [0.2, 0.25) is 0 Å². The number of amides is 2. The summed E-state index contributed by atoms with van der Waals surface area (Å²) in [6, 6.07) is 23.2. The maximum Gasteiger partial charge on any atom is 0.342 e. The molecule has 2 amide bonds. The number of carbonyl (C=O) groups excluding carboxylic acids is 3. The van der Waals surface area contributed by atoms with Gasteiger partial charge in [-0.05, 0) is 29.8 Å². The lowest BCUT2D eigenvalue weighted by molar-refractivity contribution is -0.124. The Morgan fingerprint density at radius 2 is 1.61 bits per heavy atom. The van der Waals surface area contributed by atoms with Crippen molar-refractivity contribution >= 4 is 29.2 Å². The molecule has 1 heterocycles. The van der Waals surface area contributed by atoms with Crippen molar-refractivity contribution in [3.8, 4) is 5.75 Å². The van der Waals surface area contributed by atoms with Gasteiger partial charge in [-0.15, -0.1) is 0 Å². The van der Waals surface area contributed by atoms with E-state index in [0.29, 0.717) is 23.7 Å². The van der Waals surface area contributed by atoms with Crippen molar-refractivity contribution in [2.45, 2.75) is 6.61 Å². The topological polar surface area (TPSA) is 84.9 Å². The van der Waals surface area contributed by atoms with Crippen molar-refractivity contribution in [2.24, 2.45) is 0 Å². The minimum atomic E-state index is -0.674. The van der Waals surface area contributed by atoms with E-state index in [1.807, 2.05) is 30.3 Å². The third-order valence-corrected chi connectivity index (χ3v) is 4.74. The second-order valence-corrected chi connectivity index (χ2v) is 6.89. The number of carbonyl (C=O) groups is 3. The van der Waals surface area contributed by atoms with Crippen molar-refractivity contribution < 1.29 is 23.9 Å². The van der Waals surface area contributed by atoms with E-state index >= 15 is 0 Å². The summed E-state index contributed by atoms with van der Waals surface area (Å²) in [7, 11) is 0. The zero-order valence-electron chi connectivity index (χ0n) is 16.6. The SMILES string of the molecule is O=C1CN(C(=O)COC(=O)c2ccccc2OCc2ccccc2)c2ccccc2N1. The third-order valence-electron chi connectivity index (χ3n) is 4.74. The van der Waals surface area contributed by atoms with E-state index in [2.05, 4.69) is 5.32 Å². The lowest BCUT2D eigenvalue weighted by Crippen LogP contribution is -2.44. The van der Waals surface area contributed by atoms with E-state index in [1.165, 1.54) is 4.90 Å². The number of hydrogen-bond acceptors (Lipinski definition) is 5. The number of rotatable bonds is 6. The predicted octanol–water partition coefficient (Wildman–Crippen LogP) is 3.41. The number of para-hydroxylation sites is 3. The van der Waals surface area contributed by atoms with Gasteiger partial charge in [-0.25, -0.2) is 4.79 Å². The van der Waals surface area contributed by atoms with Crippen LogP contribution >= 0.6 is 0 Å². The van der Waals surface area contributed by atoms with Crippen LogP contribution in [0.1, 0.15) is 15.9 Å². The van der Waals surface area contributed by atoms with E-state index in [1.54, 1.807) is 48.5 Å². The molecule has 3 aromatic rings. The summed E-state index contributed by atoms with van der Waals surface area (Å²) < 4.78 is 11.0. The van der Waals surface area contributed by atoms with Crippen LogP contribution < -0.4 is 15.0 Å². The molecule has 0 aliphatic carbocycles. The largest absolute Gasteiger partial charge is 0.488 e. The summed E-state index contributed by atoms with van der Waals surface area (Å²) in [6.07, 6.45) is 0. The van der Waals surface area contributed by atoms with Crippen LogP contribution in [-0.2, 0) is 20.9 Å². The lowest BCUT2D eigenvalue weighted by atomic mass is 10.2. The summed E-state index contributed by atoms with van der Waals surface area (Å²) >= 11 is 0. The summed E-state index contributed by atoms with van der Waals surface area (Å²) in [5.74, 6) is -1.10. The number of esters is 1. The Kier molecular flexibility index (Phi) is 5.93. The van der Waals surface area contributed by atoms with Gasteiger partial charge in [0.05, 0.1) is 11.4 Å². The summed E-state index contributed by atoms with van der Waals surface area (Å²) in [5.41, 5.74) is 2.29. The standard InChI is InChI=1S/C24H20N2O5/c27-22-14-26(20-12-6-5-11-19(20)25-22)23(28)16-31-24(29)18-10-4-7-13-21(18)30-15-17-8-2-1-3-9-17/h1-13H,14-16H2,(H,25,27). The molecule has 7 heteroatoms. The molecule has 0 saturated heterocycles. The van der Waals surface area contributed by atoms with Crippen molar-refractivity contribution in [3.05, 3.63) is 90.0 Å². The monoisotopic (exact) mass is 416 g/mol. The highest BCUT2D eigenvalue weighted by Gasteiger charge is 2.27. The third kappa shape index (κ3) is 4.72. The minimum Gasteiger partial charge on any atom is -0.488 e. The Labute approximate surface area is 179 Å². The number of benzene rings is 3. The zero-order chi connectivity index (χ0) is 21.6. The molecule has 0 aromatic heterocycles. The summed E-state index contributed by atoms with van der Waals surface area (Å²) in [5, 5.41) is 2.71. The maximum atomic E-state index is 12.7. The molecule has 1 aliphatic heterocycles. The Hall–Kier alpha value is -4.13. The summed E-state index contributed by atoms with van der Waals surface area (Å²) in [6.45, 7) is -0.332. The van der Waals surface area contributed by atoms with Gasteiger partial charge < -0.3 is 14.8 Å². The number of nitrogens with zero attached hydrogens (tertiary/aromatic N) is 1. The van der Waals surface area contributed by atoms with Gasteiger partial charge in [0, 0.05) is 0 Å². The normalized spacial score (nSPS) is 12.5. The molecule has 4 rings (SSSR count). The molecule has 156 valence electrons. The first-order valence-electron chi connectivity index (χ1n) is 9.74. The van der Waals surface area contributed by atoms with Gasteiger partial charge in [0.2, 0.25) is 5.91 Å². The van der Waals surface area contributed by atoms with Gasteiger partial charge in [-0.2, -0.15) is 0 Å². The fourth-order valence-electron chi connectivity index (χ4n) is 3.24. The first-order chi connectivity index (χ1) is 15.1. The Morgan fingerprint density at radius 1 is 0.903 bits per heavy atom. The quantitative estimate of drug-likeness (QED) is 0.623. The van der Waals surface area contributed by atoms with E-state index in [4.69, 9.17) is 9.47 Å². The summed E-state index contributed by atoms with van der Waals surface area (Å²) in [4.78, 5) is 38.5. The second kappa shape index (κ2) is 9.13. The minimum absolute atomic E-state index is 0.135. The number of ether oxygens (including phenoxy) is 2. The first-order valence-corrected chi connectivity index (χ1v) is 9.74. The second-order valence-electron chi connectivity index (χ2n) is 6.89. The molecule has 0 radical (unpaired) electrons. The predicted molar refractivity (Wildman–Crippen MR) is 115 cm³/mol. The zero-order valence-corrected chi connectivity index (χ0v) is 16.6. The molecular weight excluding hydrogens is 396 g/mol. The molecule has 31 heavy (non-hydrogen) atoms. The highest BCUT2D eigenvalue weighted by Crippen LogP contribution is 2.29. The smallest absolute Gasteiger partial charge is 0.342 e. The van der Waals surface area contributed by atoms with Crippen LogP contribution in [0.3, 0.4) is 0 Å². The van der Waals surface area contributed by atoms with Crippen LogP contribution in [0.5, 0.6) is 5.75 Å². The van der Waals surface area contributed by atoms with Crippen molar-refractivity contribution in [1.82, 2.24) is 0 Å². The number of nitrogens with one attached hydrogen (secondary N) is 1. The Morgan fingerprint density at radius 3 is 2.45 bits per heavy atom. The van der Waals surface area contributed by atoms with E-state index in [9.17, 15) is 14.4 Å². The van der Waals surface area contributed by atoms with E-state index < -0.39 is 18.5 Å². The number of anilines is 2. The molecule has 1 aliphatic rings. The molecule has 0 atom stereocenters. The molecule has 7 nitrogen and oxygen atoms in total. The van der Waals surface area contributed by atoms with Crippen molar-refractivity contribution in [2.75, 3.05) is 23.4 Å². The number of fused-ring (bicyclic) bond motifs is 1. The van der Waals surface area contributed by atoms with Gasteiger partial charge in [0.1, 0.15) is 24.5 Å². The molecule has 0 saturated carbocycles. The molecule has 0 unspecified atom stereocenters. The van der Waals surface area contributed by atoms with Crippen LogP contribution in [0.25, 0.3) is 0 Å². The fourth-order valence-corrected chi connectivity index (χ4v) is 3.24. The van der Waals surface area contributed by atoms with Gasteiger partial charge in [0.15, 0.2) is 6.61 Å². The highest BCUT2D eigenvalue weighted by atomic mass is 16.5. The van der Waals surface area contributed by atoms with Gasteiger partial charge >= 0.3 is 5.97 Å².